The second-order valence-electron chi connectivity index (χ2n) is 6.97. The fourth-order valence-electron chi connectivity index (χ4n) is 2.31. The number of aliphatic hydroxyl groups is 2. The fraction of sp³-hybridized carbons (Fsp3) is 0.812. The second kappa shape index (κ2) is 9.45. The van der Waals surface area contributed by atoms with Gasteiger partial charge >= 0.3 is 0 Å². The van der Waals surface area contributed by atoms with Gasteiger partial charge in [0.25, 0.3) is 0 Å². The third-order valence-electron chi connectivity index (χ3n) is 3.75. The van der Waals surface area contributed by atoms with E-state index in [-0.39, 0.29) is 13.2 Å². The van der Waals surface area contributed by atoms with E-state index in [0.29, 0.717) is 18.1 Å². The molecule has 1 heterocycles. The number of hydrogen-bond acceptors (Lipinski definition) is 4. The fourth-order valence-corrected chi connectivity index (χ4v) is 3.06. The van der Waals surface area contributed by atoms with Gasteiger partial charge in [0.1, 0.15) is 12.6 Å². The first-order valence-electron chi connectivity index (χ1n) is 8.29. The van der Waals surface area contributed by atoms with Crippen LogP contribution in [0.4, 0.5) is 0 Å². The lowest BCUT2D eigenvalue weighted by atomic mass is 10.2. The number of rotatable bonds is 11. The summed E-state index contributed by atoms with van der Waals surface area (Å²) in [4.78, 5) is 4.48. The largest absolute Gasteiger partial charge is 0.390 e. The molecule has 0 saturated carbocycles. The van der Waals surface area contributed by atoms with Crippen molar-refractivity contribution in [2.75, 3.05) is 6.61 Å². The number of imidazole rings is 1. The molecule has 0 fully saturated rings. The summed E-state index contributed by atoms with van der Waals surface area (Å²) in [5.74, 6) is 0.912. The molecule has 128 valence electrons. The SMILES string of the molecule is CCCCCc1nc(CO)c(CO)n1COCC[Si](C)(C)C. The van der Waals surface area contributed by atoms with Gasteiger partial charge in [0.15, 0.2) is 0 Å². The summed E-state index contributed by atoms with van der Waals surface area (Å²) in [7, 11) is -1.10. The molecule has 0 aliphatic heterocycles. The molecule has 0 spiro atoms. The zero-order valence-electron chi connectivity index (χ0n) is 14.6. The van der Waals surface area contributed by atoms with Crippen LogP contribution in [0.1, 0.15) is 43.4 Å². The van der Waals surface area contributed by atoms with E-state index < -0.39 is 8.07 Å². The summed E-state index contributed by atoms with van der Waals surface area (Å²) in [6, 6.07) is 1.12. The monoisotopic (exact) mass is 328 g/mol. The van der Waals surface area contributed by atoms with Crippen molar-refractivity contribution >= 4 is 8.07 Å². The lowest BCUT2D eigenvalue weighted by Gasteiger charge is -2.17. The van der Waals surface area contributed by atoms with Crippen molar-refractivity contribution in [2.45, 2.75) is 78.2 Å². The van der Waals surface area contributed by atoms with Gasteiger partial charge in [-0.3, -0.25) is 0 Å². The van der Waals surface area contributed by atoms with Gasteiger partial charge in [0.05, 0.1) is 24.6 Å². The van der Waals surface area contributed by atoms with Crippen molar-refractivity contribution in [3.63, 3.8) is 0 Å². The normalized spacial score (nSPS) is 12.1. The molecule has 0 saturated heterocycles. The topological polar surface area (TPSA) is 67.5 Å². The van der Waals surface area contributed by atoms with Gasteiger partial charge in [0.2, 0.25) is 0 Å². The number of aliphatic hydroxyl groups excluding tert-OH is 2. The van der Waals surface area contributed by atoms with Crippen LogP contribution in [0.3, 0.4) is 0 Å². The summed E-state index contributed by atoms with van der Waals surface area (Å²) in [5.41, 5.74) is 1.25. The number of hydrogen-bond donors (Lipinski definition) is 2. The third kappa shape index (κ3) is 6.20. The number of aromatic nitrogens is 2. The summed E-state index contributed by atoms with van der Waals surface area (Å²) in [6.07, 6.45) is 4.25. The Bertz CT molecular complexity index is 441. The van der Waals surface area contributed by atoms with Crippen molar-refractivity contribution in [1.82, 2.24) is 9.55 Å². The van der Waals surface area contributed by atoms with Crippen LogP contribution in [-0.2, 0) is 31.1 Å². The van der Waals surface area contributed by atoms with Crippen LogP contribution in [0.15, 0.2) is 0 Å². The Morgan fingerprint density at radius 2 is 1.86 bits per heavy atom. The summed E-state index contributed by atoms with van der Waals surface area (Å²) in [6.45, 7) is 10.0. The Morgan fingerprint density at radius 3 is 2.41 bits per heavy atom. The molecule has 0 aromatic carbocycles. The quantitative estimate of drug-likeness (QED) is 0.484. The predicted octanol–water partition coefficient (Wildman–Crippen LogP) is 2.91. The molecule has 0 bridgehead atoms. The average Bonchev–Trinajstić information content (AvgIpc) is 2.80. The van der Waals surface area contributed by atoms with E-state index in [0.717, 1.165) is 44.2 Å². The summed E-state index contributed by atoms with van der Waals surface area (Å²) < 4.78 is 7.74. The van der Waals surface area contributed by atoms with Crippen molar-refractivity contribution in [2.24, 2.45) is 0 Å². The molecule has 1 rings (SSSR count). The number of ether oxygens (including phenoxy) is 1. The molecule has 1 aromatic rings. The minimum atomic E-state index is -1.10. The molecule has 0 aliphatic rings. The van der Waals surface area contributed by atoms with Crippen molar-refractivity contribution in [1.29, 1.82) is 0 Å². The van der Waals surface area contributed by atoms with Crippen LogP contribution in [0, 0.1) is 0 Å². The predicted molar refractivity (Wildman–Crippen MR) is 91.4 cm³/mol. The van der Waals surface area contributed by atoms with E-state index in [2.05, 4.69) is 31.5 Å². The molecule has 22 heavy (non-hydrogen) atoms. The molecule has 6 heteroatoms. The first kappa shape index (κ1) is 19.4. The van der Waals surface area contributed by atoms with Crippen molar-refractivity contribution in [3.8, 4) is 0 Å². The third-order valence-corrected chi connectivity index (χ3v) is 5.46. The van der Waals surface area contributed by atoms with Crippen LogP contribution in [0.2, 0.25) is 25.7 Å². The summed E-state index contributed by atoms with van der Waals surface area (Å²) in [5, 5.41) is 19.0. The Labute approximate surface area is 135 Å². The molecular formula is C16H32N2O3Si. The zero-order chi connectivity index (χ0) is 16.6. The summed E-state index contributed by atoms with van der Waals surface area (Å²) >= 11 is 0. The van der Waals surface area contributed by atoms with E-state index in [1.165, 1.54) is 0 Å². The van der Waals surface area contributed by atoms with E-state index >= 15 is 0 Å². The Kier molecular flexibility index (Phi) is 8.31. The lowest BCUT2D eigenvalue weighted by molar-refractivity contribution is 0.0797. The highest BCUT2D eigenvalue weighted by Crippen LogP contribution is 2.16. The van der Waals surface area contributed by atoms with Gasteiger partial charge in [-0.15, -0.1) is 0 Å². The Balaban J connectivity index is 2.73. The highest BCUT2D eigenvalue weighted by Gasteiger charge is 2.17. The smallest absolute Gasteiger partial charge is 0.124 e. The molecule has 0 radical (unpaired) electrons. The lowest BCUT2D eigenvalue weighted by Crippen LogP contribution is -2.22. The second-order valence-corrected chi connectivity index (χ2v) is 12.6. The highest BCUT2D eigenvalue weighted by atomic mass is 28.3. The Morgan fingerprint density at radius 1 is 1.14 bits per heavy atom. The molecule has 2 N–H and O–H groups in total. The Hall–Kier alpha value is -0.693. The van der Waals surface area contributed by atoms with Crippen molar-refractivity contribution < 1.29 is 14.9 Å². The maximum absolute atomic E-state index is 9.58. The minimum absolute atomic E-state index is 0.117. The molecule has 5 nitrogen and oxygen atoms in total. The van der Waals surface area contributed by atoms with Gasteiger partial charge in [-0.25, -0.2) is 4.98 Å². The van der Waals surface area contributed by atoms with E-state index in [4.69, 9.17) is 4.74 Å². The van der Waals surface area contributed by atoms with E-state index in [1.807, 2.05) is 4.57 Å². The van der Waals surface area contributed by atoms with Crippen LogP contribution in [-0.4, -0.2) is 34.4 Å². The molecule has 0 unspecified atom stereocenters. The van der Waals surface area contributed by atoms with Crippen molar-refractivity contribution in [3.05, 3.63) is 17.2 Å². The van der Waals surface area contributed by atoms with Crippen LogP contribution < -0.4 is 0 Å². The van der Waals surface area contributed by atoms with Gasteiger partial charge < -0.3 is 19.5 Å². The van der Waals surface area contributed by atoms with Crippen LogP contribution in [0.25, 0.3) is 0 Å². The molecular weight excluding hydrogens is 296 g/mol. The molecule has 0 amide bonds. The van der Waals surface area contributed by atoms with Gasteiger partial charge in [-0.2, -0.15) is 0 Å². The zero-order valence-corrected chi connectivity index (χ0v) is 15.6. The molecule has 0 aliphatic carbocycles. The first-order chi connectivity index (χ1) is 10.4. The standard InChI is InChI=1S/C16H32N2O3Si/c1-5-6-7-8-16-17-14(11-19)15(12-20)18(16)13-21-9-10-22(2,3)4/h19-20H,5-13H2,1-4H3. The maximum atomic E-state index is 9.58. The van der Waals surface area contributed by atoms with Gasteiger partial charge in [-0.05, 0) is 12.5 Å². The number of nitrogens with zero attached hydrogens (tertiary/aromatic N) is 2. The molecule has 0 atom stereocenters. The number of aryl methyl sites for hydroxylation is 1. The first-order valence-corrected chi connectivity index (χ1v) is 12.0. The van der Waals surface area contributed by atoms with Gasteiger partial charge in [-0.1, -0.05) is 39.4 Å². The van der Waals surface area contributed by atoms with E-state index in [9.17, 15) is 10.2 Å². The van der Waals surface area contributed by atoms with Crippen LogP contribution in [0.5, 0.6) is 0 Å². The molecule has 1 aromatic heterocycles. The average molecular weight is 329 g/mol. The minimum Gasteiger partial charge on any atom is -0.390 e. The maximum Gasteiger partial charge on any atom is 0.124 e. The van der Waals surface area contributed by atoms with Gasteiger partial charge in [0, 0.05) is 21.1 Å². The number of unbranched alkanes of at least 4 members (excludes halogenated alkanes) is 2. The highest BCUT2D eigenvalue weighted by molar-refractivity contribution is 6.76. The van der Waals surface area contributed by atoms with E-state index in [1.54, 1.807) is 0 Å². The van der Waals surface area contributed by atoms with Crippen LogP contribution >= 0.6 is 0 Å².